The molecule has 2 aromatic carbocycles. The molecule has 0 amide bonds. The van der Waals surface area contributed by atoms with Crippen molar-refractivity contribution in [1.82, 2.24) is 0 Å². The highest BCUT2D eigenvalue weighted by Gasteiger charge is 2.20. The maximum Gasteiger partial charge on any atom is 0.294 e. The molecule has 8 heteroatoms. The molecule has 1 aliphatic carbocycles. The van der Waals surface area contributed by atoms with Crippen molar-refractivity contribution in [2.24, 2.45) is 0 Å². The molecule has 0 fully saturated rings. The van der Waals surface area contributed by atoms with Crippen LogP contribution in [0.25, 0.3) is 33.4 Å². The minimum atomic E-state index is -4.40. The predicted octanol–water partition coefficient (Wildman–Crippen LogP) is 3.01. The first-order valence-electron chi connectivity index (χ1n) is 8.30. The molecule has 0 atom stereocenters. The van der Waals surface area contributed by atoms with Crippen molar-refractivity contribution in [1.29, 1.82) is 5.41 Å². The van der Waals surface area contributed by atoms with Gasteiger partial charge in [-0.05, 0) is 47.5 Å². The lowest BCUT2D eigenvalue weighted by Gasteiger charge is -2.18. The van der Waals surface area contributed by atoms with Gasteiger partial charge in [-0.15, -0.1) is 0 Å². The zero-order valence-corrected chi connectivity index (χ0v) is 15.3. The van der Waals surface area contributed by atoms with Gasteiger partial charge in [0.2, 0.25) is 0 Å². The summed E-state index contributed by atoms with van der Waals surface area (Å²) in [5.41, 5.74) is 9.21. The van der Waals surface area contributed by atoms with Gasteiger partial charge in [0, 0.05) is 34.3 Å². The summed E-state index contributed by atoms with van der Waals surface area (Å²) in [6.45, 7) is -0.431. The molecule has 142 valence electrons. The van der Waals surface area contributed by atoms with Crippen LogP contribution in [0, 0.1) is 5.41 Å². The van der Waals surface area contributed by atoms with Crippen molar-refractivity contribution >= 4 is 26.8 Å². The van der Waals surface area contributed by atoms with Crippen LogP contribution in [0.2, 0.25) is 0 Å². The van der Waals surface area contributed by atoms with Gasteiger partial charge in [0.05, 0.1) is 16.9 Å². The lowest BCUT2D eigenvalue weighted by Crippen LogP contribution is -2.03. The molecule has 0 saturated carbocycles. The van der Waals surface area contributed by atoms with E-state index in [1.54, 1.807) is 36.4 Å². The van der Waals surface area contributed by atoms with E-state index in [-0.39, 0.29) is 10.3 Å². The number of aliphatic hydroxyl groups excluding tert-OH is 1. The summed E-state index contributed by atoms with van der Waals surface area (Å²) in [6, 6.07) is 14.2. The number of nitrogens with two attached hydrogens (primary N) is 1. The fraction of sp³-hybridized carbons (Fsp3) is 0.0500. The zero-order chi connectivity index (χ0) is 20.1. The molecule has 4 rings (SSSR count). The Balaban J connectivity index is 2.14. The van der Waals surface area contributed by atoms with Crippen molar-refractivity contribution in [3.8, 4) is 22.5 Å². The van der Waals surface area contributed by atoms with E-state index in [4.69, 9.17) is 15.6 Å². The summed E-state index contributed by atoms with van der Waals surface area (Å²) < 4.78 is 38.2. The van der Waals surface area contributed by atoms with Gasteiger partial charge in [-0.1, -0.05) is 6.07 Å². The van der Waals surface area contributed by atoms with Crippen molar-refractivity contribution < 1.29 is 22.5 Å². The molecule has 0 saturated heterocycles. The molecule has 1 heterocycles. The Kier molecular flexibility index (Phi) is 4.19. The van der Waals surface area contributed by atoms with Crippen LogP contribution in [-0.2, 0) is 16.7 Å². The Bertz CT molecular complexity index is 1360. The van der Waals surface area contributed by atoms with E-state index >= 15 is 0 Å². The van der Waals surface area contributed by atoms with Crippen molar-refractivity contribution in [2.75, 3.05) is 5.73 Å². The smallest absolute Gasteiger partial charge is 0.294 e. The maximum atomic E-state index is 11.5. The molecule has 7 nitrogen and oxygen atoms in total. The standard InChI is InChI=1S/C20H16N2O5S/c21-12-1-4-16-18(8-12)27-19-9-13(22)2-5-17(19)20(16)15-6-3-14(28(24,25)26)7-11(15)10-23/h1-9,21,23H,10,22H2,(H,24,25,26). The van der Waals surface area contributed by atoms with Gasteiger partial charge in [-0.2, -0.15) is 8.42 Å². The lowest BCUT2D eigenvalue weighted by molar-refractivity contribution is 0.282. The number of rotatable bonds is 3. The SMILES string of the molecule is N=c1ccc2c(-c3ccc(S(=O)(=O)O)cc3CO)c3ccc(N)cc3oc-2c1. The van der Waals surface area contributed by atoms with E-state index in [2.05, 4.69) is 0 Å². The summed E-state index contributed by atoms with van der Waals surface area (Å²) in [7, 11) is -4.40. The quantitative estimate of drug-likeness (QED) is 0.239. The first kappa shape index (κ1) is 18.2. The summed E-state index contributed by atoms with van der Waals surface area (Å²) in [5, 5.41) is 18.7. The number of hydrogen-bond acceptors (Lipinski definition) is 6. The number of nitrogens with one attached hydrogen (secondary N) is 1. The maximum absolute atomic E-state index is 11.5. The minimum Gasteiger partial charge on any atom is -0.456 e. The van der Waals surface area contributed by atoms with E-state index in [1.165, 1.54) is 18.2 Å². The molecule has 5 N–H and O–H groups in total. The van der Waals surface area contributed by atoms with Gasteiger partial charge in [-0.25, -0.2) is 0 Å². The van der Waals surface area contributed by atoms with Gasteiger partial charge in [0.1, 0.15) is 11.3 Å². The molecular weight excluding hydrogens is 380 g/mol. The summed E-state index contributed by atoms with van der Waals surface area (Å²) in [4.78, 5) is -0.299. The molecule has 0 spiro atoms. The molecule has 0 bridgehead atoms. The normalized spacial score (nSPS) is 11.9. The van der Waals surface area contributed by atoms with Gasteiger partial charge in [0.25, 0.3) is 10.1 Å². The summed E-state index contributed by atoms with van der Waals surface area (Å²) in [6.07, 6.45) is 0. The van der Waals surface area contributed by atoms with Crippen LogP contribution >= 0.6 is 0 Å². The predicted molar refractivity (Wildman–Crippen MR) is 104 cm³/mol. The largest absolute Gasteiger partial charge is 0.456 e. The van der Waals surface area contributed by atoms with Crippen LogP contribution in [0.5, 0.6) is 0 Å². The van der Waals surface area contributed by atoms with E-state index in [0.717, 1.165) is 0 Å². The lowest BCUT2D eigenvalue weighted by atomic mass is 9.91. The molecular formula is C20H16N2O5S. The van der Waals surface area contributed by atoms with E-state index < -0.39 is 16.7 Å². The first-order valence-corrected chi connectivity index (χ1v) is 9.74. The Morgan fingerprint density at radius 1 is 1.00 bits per heavy atom. The Morgan fingerprint density at radius 2 is 1.75 bits per heavy atom. The van der Waals surface area contributed by atoms with E-state index in [0.29, 0.717) is 44.7 Å². The van der Waals surface area contributed by atoms with E-state index in [1.807, 2.05) is 0 Å². The van der Waals surface area contributed by atoms with Crippen molar-refractivity contribution in [2.45, 2.75) is 11.5 Å². The molecule has 0 unspecified atom stereocenters. The Morgan fingerprint density at radius 3 is 2.46 bits per heavy atom. The number of benzene rings is 3. The second kappa shape index (κ2) is 6.45. The topological polar surface area (TPSA) is 138 Å². The minimum absolute atomic E-state index is 0.273. The van der Waals surface area contributed by atoms with Crippen molar-refractivity contribution in [3.05, 3.63) is 65.5 Å². The molecule has 2 aromatic rings. The van der Waals surface area contributed by atoms with Gasteiger partial charge in [0.15, 0.2) is 0 Å². The average Bonchev–Trinajstić information content (AvgIpc) is 2.64. The monoisotopic (exact) mass is 396 g/mol. The molecule has 0 aromatic heterocycles. The highest BCUT2D eigenvalue weighted by molar-refractivity contribution is 7.85. The highest BCUT2D eigenvalue weighted by Crippen LogP contribution is 2.41. The number of anilines is 1. The van der Waals surface area contributed by atoms with Crippen LogP contribution in [0.4, 0.5) is 5.69 Å². The number of hydrogen-bond donors (Lipinski definition) is 4. The molecule has 1 aliphatic heterocycles. The summed E-state index contributed by atoms with van der Waals surface area (Å²) in [5.74, 6) is 0.461. The fourth-order valence-electron chi connectivity index (χ4n) is 3.30. The third-order valence-corrected chi connectivity index (χ3v) is 5.41. The second-order valence-electron chi connectivity index (χ2n) is 6.40. The van der Waals surface area contributed by atoms with Gasteiger partial charge in [-0.3, -0.25) is 4.55 Å². The van der Waals surface area contributed by atoms with Crippen LogP contribution in [0.1, 0.15) is 5.56 Å². The van der Waals surface area contributed by atoms with Crippen LogP contribution in [0.3, 0.4) is 0 Å². The zero-order valence-electron chi connectivity index (χ0n) is 14.5. The number of aliphatic hydroxyl groups is 1. The molecule has 28 heavy (non-hydrogen) atoms. The summed E-state index contributed by atoms with van der Waals surface area (Å²) >= 11 is 0. The van der Waals surface area contributed by atoms with Gasteiger partial charge < -0.3 is 20.7 Å². The van der Waals surface area contributed by atoms with Crippen LogP contribution < -0.4 is 11.1 Å². The Labute approximate surface area is 160 Å². The average molecular weight is 396 g/mol. The molecule has 2 aliphatic rings. The first-order chi connectivity index (χ1) is 13.3. The third kappa shape index (κ3) is 3.03. The van der Waals surface area contributed by atoms with Crippen molar-refractivity contribution in [3.63, 3.8) is 0 Å². The van der Waals surface area contributed by atoms with Crippen LogP contribution in [-0.4, -0.2) is 18.1 Å². The highest BCUT2D eigenvalue weighted by atomic mass is 32.2. The van der Waals surface area contributed by atoms with E-state index in [9.17, 15) is 18.1 Å². The van der Waals surface area contributed by atoms with Gasteiger partial charge >= 0.3 is 0 Å². The Hall–Kier alpha value is -3.20. The molecule has 0 radical (unpaired) electrons. The number of fused-ring (bicyclic) bond motifs is 2. The van der Waals surface area contributed by atoms with Crippen LogP contribution in [0.15, 0.2) is 63.9 Å². The third-order valence-electron chi connectivity index (χ3n) is 4.56. The number of nitrogen functional groups attached to an aromatic ring is 1. The second-order valence-corrected chi connectivity index (χ2v) is 7.82. The fourth-order valence-corrected chi connectivity index (χ4v) is 3.83.